The smallest absolute Gasteiger partial charge is 0.186 e. The van der Waals surface area contributed by atoms with Gasteiger partial charge in [0.2, 0.25) is 0 Å². The summed E-state index contributed by atoms with van der Waals surface area (Å²) in [5.74, 6) is 0.474. The van der Waals surface area contributed by atoms with Crippen LogP contribution in [-0.2, 0) is 28.0 Å². The highest BCUT2D eigenvalue weighted by molar-refractivity contribution is 5.83. The van der Waals surface area contributed by atoms with Gasteiger partial charge in [0.15, 0.2) is 17.5 Å². The van der Waals surface area contributed by atoms with Crippen LogP contribution < -0.4 is 4.90 Å². The first kappa shape index (κ1) is 24.0. The van der Waals surface area contributed by atoms with Crippen LogP contribution in [0.3, 0.4) is 0 Å². The van der Waals surface area contributed by atoms with Crippen molar-refractivity contribution in [2.45, 2.75) is 39.2 Å². The van der Waals surface area contributed by atoms with Crippen molar-refractivity contribution in [2.75, 3.05) is 31.2 Å². The largest absolute Gasteiger partial charge is 0.386 e. The lowest BCUT2D eigenvalue weighted by Gasteiger charge is -2.28. The highest BCUT2D eigenvalue weighted by Gasteiger charge is 2.21. The van der Waals surface area contributed by atoms with Crippen molar-refractivity contribution in [3.05, 3.63) is 76.7 Å². The predicted octanol–water partition coefficient (Wildman–Crippen LogP) is 4.01. The summed E-state index contributed by atoms with van der Waals surface area (Å²) in [6.07, 6.45) is 0.646. The fourth-order valence-corrected chi connectivity index (χ4v) is 3.98. The first-order valence-corrected chi connectivity index (χ1v) is 11.5. The fourth-order valence-electron chi connectivity index (χ4n) is 3.98. The SMILES string of the molecule is Cc1nc(-c2ccc(CC(=O)Cc3ccc(C(C)(C)O)cc3)cc2)nc(N2CCOCC2)c1F. The number of aryl methyl sites for hydroxylation is 1. The Morgan fingerprint density at radius 2 is 1.56 bits per heavy atom. The van der Waals surface area contributed by atoms with Crippen LogP contribution in [-0.4, -0.2) is 47.2 Å². The van der Waals surface area contributed by atoms with Crippen LogP contribution in [0.15, 0.2) is 48.5 Å². The number of ether oxygens (including phenoxy) is 1. The van der Waals surface area contributed by atoms with E-state index in [1.165, 1.54) is 0 Å². The van der Waals surface area contributed by atoms with Crippen LogP contribution in [0.4, 0.5) is 10.2 Å². The Kier molecular flexibility index (Phi) is 7.05. The van der Waals surface area contributed by atoms with Gasteiger partial charge in [0.05, 0.1) is 24.5 Å². The maximum atomic E-state index is 14.7. The van der Waals surface area contributed by atoms with Gasteiger partial charge in [-0.25, -0.2) is 14.4 Å². The Hall–Kier alpha value is -3.16. The van der Waals surface area contributed by atoms with E-state index in [9.17, 15) is 14.3 Å². The number of hydrogen-bond donors (Lipinski definition) is 1. The van der Waals surface area contributed by atoms with E-state index in [1.54, 1.807) is 20.8 Å². The Morgan fingerprint density at radius 3 is 2.12 bits per heavy atom. The van der Waals surface area contributed by atoms with Gasteiger partial charge in [-0.05, 0) is 37.5 Å². The van der Waals surface area contributed by atoms with Crippen molar-refractivity contribution in [1.29, 1.82) is 0 Å². The number of carbonyl (C=O) groups excluding carboxylic acids is 1. The summed E-state index contributed by atoms with van der Waals surface area (Å²) in [5.41, 5.74) is 2.81. The Bertz CT molecular complexity index is 1150. The van der Waals surface area contributed by atoms with Crippen LogP contribution in [0.2, 0.25) is 0 Å². The Balaban J connectivity index is 1.44. The molecule has 1 aliphatic rings. The van der Waals surface area contributed by atoms with Crippen molar-refractivity contribution in [3.63, 3.8) is 0 Å². The summed E-state index contributed by atoms with van der Waals surface area (Å²) in [5, 5.41) is 10.1. The second-order valence-electron chi connectivity index (χ2n) is 9.21. The Labute approximate surface area is 199 Å². The lowest BCUT2D eigenvalue weighted by molar-refractivity contribution is -0.117. The van der Waals surface area contributed by atoms with E-state index in [0.717, 1.165) is 22.3 Å². The third kappa shape index (κ3) is 5.66. The molecule has 4 rings (SSSR count). The number of nitrogens with zero attached hydrogens (tertiary/aromatic N) is 3. The van der Waals surface area contributed by atoms with Gasteiger partial charge in [0.1, 0.15) is 5.78 Å². The minimum Gasteiger partial charge on any atom is -0.386 e. The van der Waals surface area contributed by atoms with E-state index in [-0.39, 0.29) is 5.78 Å². The maximum Gasteiger partial charge on any atom is 0.186 e. The number of carbonyl (C=O) groups is 1. The minimum absolute atomic E-state index is 0.104. The van der Waals surface area contributed by atoms with Gasteiger partial charge in [-0.2, -0.15) is 0 Å². The van der Waals surface area contributed by atoms with Crippen LogP contribution in [0.1, 0.15) is 36.2 Å². The molecule has 6 nitrogen and oxygen atoms in total. The average Bonchev–Trinajstić information content (AvgIpc) is 2.81. The molecular weight excluding hydrogens is 433 g/mol. The number of halogens is 1. The lowest BCUT2D eigenvalue weighted by Crippen LogP contribution is -2.37. The molecular formula is C27H30FN3O3. The number of aromatic nitrogens is 2. The molecule has 0 amide bonds. The first-order chi connectivity index (χ1) is 16.2. The number of Topliss-reactive ketones (excluding diaryl/α,β-unsaturated/α-hetero) is 1. The molecule has 7 heteroatoms. The first-order valence-electron chi connectivity index (χ1n) is 11.5. The molecule has 0 saturated carbocycles. The third-order valence-electron chi connectivity index (χ3n) is 5.99. The molecule has 1 aliphatic heterocycles. The molecule has 0 aliphatic carbocycles. The molecule has 0 bridgehead atoms. The van der Waals surface area contributed by atoms with Crippen LogP contribution >= 0.6 is 0 Å². The van der Waals surface area contributed by atoms with Crippen molar-refractivity contribution in [3.8, 4) is 11.4 Å². The van der Waals surface area contributed by atoms with Crippen LogP contribution in [0.25, 0.3) is 11.4 Å². The molecule has 0 spiro atoms. The minimum atomic E-state index is -0.903. The molecule has 0 radical (unpaired) electrons. The molecule has 2 heterocycles. The van der Waals surface area contributed by atoms with Crippen molar-refractivity contribution in [1.82, 2.24) is 9.97 Å². The van der Waals surface area contributed by atoms with Gasteiger partial charge in [0.25, 0.3) is 0 Å². The van der Waals surface area contributed by atoms with Gasteiger partial charge in [0, 0.05) is 31.5 Å². The van der Waals surface area contributed by atoms with E-state index in [4.69, 9.17) is 4.74 Å². The fraction of sp³-hybridized carbons (Fsp3) is 0.370. The molecule has 1 saturated heterocycles. The van der Waals surface area contributed by atoms with E-state index < -0.39 is 11.4 Å². The highest BCUT2D eigenvalue weighted by atomic mass is 19.1. The normalized spacial score (nSPS) is 14.3. The van der Waals surface area contributed by atoms with Crippen molar-refractivity contribution in [2.24, 2.45) is 0 Å². The Morgan fingerprint density at radius 1 is 1.00 bits per heavy atom. The summed E-state index contributed by atoms with van der Waals surface area (Å²) in [7, 11) is 0. The molecule has 1 N–H and O–H groups in total. The van der Waals surface area contributed by atoms with Gasteiger partial charge in [-0.15, -0.1) is 0 Å². The lowest BCUT2D eigenvalue weighted by atomic mass is 9.95. The van der Waals surface area contributed by atoms with Gasteiger partial charge < -0.3 is 14.7 Å². The average molecular weight is 464 g/mol. The number of hydrogen-bond acceptors (Lipinski definition) is 6. The number of rotatable bonds is 7. The van der Waals surface area contributed by atoms with E-state index >= 15 is 0 Å². The standard InChI is InChI=1S/C27H30FN3O3/c1-18-24(28)26(31-12-14-34-15-13-31)30-25(29-18)21-8-4-19(5-9-21)16-23(32)17-20-6-10-22(11-7-20)27(2,3)33/h4-11,33H,12-17H2,1-3H3. The monoisotopic (exact) mass is 463 g/mol. The second-order valence-corrected chi connectivity index (χ2v) is 9.21. The van der Waals surface area contributed by atoms with Gasteiger partial charge >= 0.3 is 0 Å². The summed E-state index contributed by atoms with van der Waals surface area (Å²) in [6, 6.07) is 15.0. The van der Waals surface area contributed by atoms with E-state index in [2.05, 4.69) is 9.97 Å². The maximum absolute atomic E-state index is 14.7. The zero-order valence-electron chi connectivity index (χ0n) is 19.8. The third-order valence-corrected chi connectivity index (χ3v) is 5.99. The van der Waals surface area contributed by atoms with E-state index in [1.807, 2.05) is 53.4 Å². The van der Waals surface area contributed by atoms with Crippen LogP contribution in [0, 0.1) is 12.7 Å². The molecule has 1 fully saturated rings. The van der Waals surface area contributed by atoms with Crippen molar-refractivity contribution >= 4 is 11.6 Å². The van der Waals surface area contributed by atoms with Gasteiger partial charge in [-0.1, -0.05) is 48.5 Å². The number of morpholine rings is 1. The summed E-state index contributed by atoms with van der Waals surface area (Å²) < 4.78 is 20.1. The second kappa shape index (κ2) is 9.99. The van der Waals surface area contributed by atoms with E-state index in [0.29, 0.717) is 56.5 Å². The molecule has 0 unspecified atom stereocenters. The van der Waals surface area contributed by atoms with Crippen molar-refractivity contribution < 1.29 is 19.0 Å². The van der Waals surface area contributed by atoms with Crippen LogP contribution in [0.5, 0.6) is 0 Å². The molecule has 178 valence electrons. The number of anilines is 1. The zero-order chi connectivity index (χ0) is 24.3. The number of aliphatic hydroxyl groups is 1. The molecule has 0 atom stereocenters. The summed E-state index contributed by atoms with van der Waals surface area (Å²) >= 11 is 0. The molecule has 1 aromatic heterocycles. The summed E-state index contributed by atoms with van der Waals surface area (Å²) in [4.78, 5) is 23.3. The number of ketones is 1. The summed E-state index contributed by atoms with van der Waals surface area (Å²) in [6.45, 7) is 7.39. The predicted molar refractivity (Wildman–Crippen MR) is 129 cm³/mol. The molecule has 34 heavy (non-hydrogen) atoms. The van der Waals surface area contributed by atoms with Gasteiger partial charge in [-0.3, -0.25) is 4.79 Å². The quantitative estimate of drug-likeness (QED) is 0.571. The molecule has 2 aromatic carbocycles. The molecule has 3 aromatic rings. The zero-order valence-corrected chi connectivity index (χ0v) is 19.8. The highest BCUT2D eigenvalue weighted by Crippen LogP contribution is 2.25. The topological polar surface area (TPSA) is 75.5 Å². The number of benzene rings is 2.